The molecule has 0 saturated heterocycles. The highest BCUT2D eigenvalue weighted by molar-refractivity contribution is 5.81. The van der Waals surface area contributed by atoms with Crippen LogP contribution < -0.4 is 10.2 Å². The number of hydrogen-bond acceptors (Lipinski definition) is 4. The molecule has 0 radical (unpaired) electrons. The third-order valence-corrected chi connectivity index (χ3v) is 3.61. The Bertz CT molecular complexity index is 580. The molecule has 1 aliphatic heterocycles. The van der Waals surface area contributed by atoms with E-state index in [2.05, 4.69) is 58.5 Å². The van der Waals surface area contributed by atoms with Crippen molar-refractivity contribution < 1.29 is 0 Å². The first kappa shape index (κ1) is 12.9. The van der Waals surface area contributed by atoms with E-state index in [9.17, 15) is 0 Å². The lowest BCUT2D eigenvalue weighted by molar-refractivity contribution is 0.415. The van der Waals surface area contributed by atoms with Crippen LogP contribution in [0.3, 0.4) is 0 Å². The summed E-state index contributed by atoms with van der Waals surface area (Å²) in [5, 5.41) is 3.44. The molecule has 0 bridgehead atoms. The van der Waals surface area contributed by atoms with Crippen LogP contribution >= 0.6 is 0 Å². The van der Waals surface area contributed by atoms with E-state index in [1.54, 1.807) is 0 Å². The summed E-state index contributed by atoms with van der Waals surface area (Å²) in [5.41, 5.74) is 4.88. The molecule has 2 heterocycles. The fourth-order valence-corrected chi connectivity index (χ4v) is 2.44. The Hall–Kier alpha value is -2.07. The molecule has 1 aromatic carbocycles. The lowest BCUT2D eigenvalue weighted by Gasteiger charge is -2.20. The summed E-state index contributed by atoms with van der Waals surface area (Å²) in [6.07, 6.45) is 3.72. The van der Waals surface area contributed by atoms with Crippen molar-refractivity contribution in [1.29, 1.82) is 0 Å². The van der Waals surface area contributed by atoms with Crippen LogP contribution in [-0.4, -0.2) is 43.7 Å². The third-order valence-electron chi connectivity index (χ3n) is 3.61. The maximum absolute atomic E-state index is 4.20. The van der Waals surface area contributed by atoms with Crippen LogP contribution in [0, 0.1) is 0 Å². The predicted molar refractivity (Wildman–Crippen MR) is 84.1 cm³/mol. The van der Waals surface area contributed by atoms with Crippen LogP contribution in [0.2, 0.25) is 0 Å². The van der Waals surface area contributed by atoms with Gasteiger partial charge in [-0.25, -0.2) is 0 Å². The molecule has 4 nitrogen and oxygen atoms in total. The van der Waals surface area contributed by atoms with Crippen molar-refractivity contribution in [2.24, 2.45) is 0 Å². The summed E-state index contributed by atoms with van der Waals surface area (Å²) >= 11 is 0. The van der Waals surface area contributed by atoms with Gasteiger partial charge in [-0.15, -0.1) is 0 Å². The Morgan fingerprint density at radius 1 is 1.25 bits per heavy atom. The number of pyridine rings is 1. The van der Waals surface area contributed by atoms with Gasteiger partial charge in [0.1, 0.15) is 0 Å². The lowest BCUT2D eigenvalue weighted by Crippen LogP contribution is -2.31. The largest absolute Gasteiger partial charge is 0.366 e. The number of aromatic nitrogens is 1. The second kappa shape index (κ2) is 5.51. The van der Waals surface area contributed by atoms with Gasteiger partial charge in [0.25, 0.3) is 0 Å². The zero-order valence-electron chi connectivity index (χ0n) is 12.0. The Morgan fingerprint density at radius 2 is 2.15 bits per heavy atom. The average Bonchev–Trinajstić information content (AvgIpc) is 2.88. The normalized spacial score (nSPS) is 13.4. The summed E-state index contributed by atoms with van der Waals surface area (Å²) in [4.78, 5) is 8.79. The third kappa shape index (κ3) is 2.60. The van der Waals surface area contributed by atoms with Gasteiger partial charge in [-0.05, 0) is 37.9 Å². The molecule has 20 heavy (non-hydrogen) atoms. The van der Waals surface area contributed by atoms with E-state index in [1.165, 1.54) is 16.9 Å². The van der Waals surface area contributed by atoms with Gasteiger partial charge in [-0.1, -0.05) is 12.1 Å². The first-order valence-electron chi connectivity index (χ1n) is 6.92. The summed E-state index contributed by atoms with van der Waals surface area (Å²) in [6.45, 7) is 2.97. The summed E-state index contributed by atoms with van der Waals surface area (Å²) in [5.74, 6) is 0. The molecule has 3 rings (SSSR count). The topological polar surface area (TPSA) is 31.4 Å². The van der Waals surface area contributed by atoms with Gasteiger partial charge in [0.2, 0.25) is 0 Å². The minimum Gasteiger partial charge on any atom is -0.366 e. The standard InChI is InChI=1S/C16H20N4/c1-19(2)8-9-20-12-18-15-6-5-13(10-16(15)20)14-4-3-7-17-11-14/h3-7,10-11,18H,8-9,12H2,1-2H3. The molecule has 104 valence electrons. The zero-order valence-corrected chi connectivity index (χ0v) is 12.0. The monoisotopic (exact) mass is 268 g/mol. The molecule has 1 aliphatic rings. The Balaban J connectivity index is 1.86. The van der Waals surface area contributed by atoms with E-state index >= 15 is 0 Å². The number of fused-ring (bicyclic) bond motifs is 1. The van der Waals surface area contributed by atoms with Crippen molar-refractivity contribution >= 4 is 11.4 Å². The summed E-state index contributed by atoms with van der Waals surface area (Å²) < 4.78 is 0. The van der Waals surface area contributed by atoms with Crippen molar-refractivity contribution in [2.45, 2.75) is 0 Å². The van der Waals surface area contributed by atoms with Crippen LogP contribution in [0.15, 0.2) is 42.7 Å². The van der Waals surface area contributed by atoms with E-state index in [1.807, 2.05) is 18.5 Å². The summed E-state index contributed by atoms with van der Waals surface area (Å²) in [7, 11) is 4.22. The number of benzene rings is 1. The molecule has 0 unspecified atom stereocenters. The highest BCUT2D eigenvalue weighted by atomic mass is 15.3. The van der Waals surface area contributed by atoms with E-state index in [0.29, 0.717) is 0 Å². The second-order valence-corrected chi connectivity index (χ2v) is 5.38. The van der Waals surface area contributed by atoms with Crippen molar-refractivity contribution in [2.75, 3.05) is 44.1 Å². The van der Waals surface area contributed by atoms with Gasteiger partial charge in [-0.2, -0.15) is 0 Å². The van der Waals surface area contributed by atoms with Crippen molar-refractivity contribution in [3.8, 4) is 11.1 Å². The first-order chi connectivity index (χ1) is 9.74. The maximum Gasteiger partial charge on any atom is 0.0878 e. The van der Waals surface area contributed by atoms with E-state index < -0.39 is 0 Å². The molecule has 0 amide bonds. The molecule has 4 heteroatoms. The molecule has 0 atom stereocenters. The molecular formula is C16H20N4. The minimum atomic E-state index is 0.889. The second-order valence-electron chi connectivity index (χ2n) is 5.38. The maximum atomic E-state index is 4.20. The van der Waals surface area contributed by atoms with Crippen molar-refractivity contribution in [3.05, 3.63) is 42.7 Å². The SMILES string of the molecule is CN(C)CCN1CNc2ccc(-c3cccnc3)cc21. The van der Waals surface area contributed by atoms with Crippen LogP contribution in [0.4, 0.5) is 11.4 Å². The van der Waals surface area contributed by atoms with Crippen molar-refractivity contribution in [3.63, 3.8) is 0 Å². The number of anilines is 2. The molecule has 1 N–H and O–H groups in total. The van der Waals surface area contributed by atoms with Gasteiger partial charge in [-0.3, -0.25) is 4.98 Å². The van der Waals surface area contributed by atoms with E-state index in [0.717, 1.165) is 25.3 Å². The molecule has 0 spiro atoms. The smallest absolute Gasteiger partial charge is 0.0878 e. The highest BCUT2D eigenvalue weighted by Crippen LogP contribution is 2.34. The Morgan fingerprint density at radius 3 is 2.90 bits per heavy atom. The molecule has 0 fully saturated rings. The van der Waals surface area contributed by atoms with Crippen molar-refractivity contribution in [1.82, 2.24) is 9.88 Å². The number of nitrogens with one attached hydrogen (secondary N) is 1. The number of nitrogens with zero attached hydrogens (tertiary/aromatic N) is 3. The summed E-state index contributed by atoms with van der Waals surface area (Å²) in [6, 6.07) is 10.6. The van der Waals surface area contributed by atoms with Crippen LogP contribution in [0.25, 0.3) is 11.1 Å². The first-order valence-corrected chi connectivity index (χ1v) is 6.92. The number of rotatable bonds is 4. The number of likely N-dealkylation sites (N-methyl/N-ethyl adjacent to an activating group) is 1. The average molecular weight is 268 g/mol. The molecule has 2 aromatic rings. The molecule has 0 aliphatic carbocycles. The van der Waals surface area contributed by atoms with Gasteiger partial charge in [0.05, 0.1) is 18.0 Å². The van der Waals surface area contributed by atoms with E-state index in [-0.39, 0.29) is 0 Å². The molecular weight excluding hydrogens is 248 g/mol. The lowest BCUT2D eigenvalue weighted by atomic mass is 10.1. The Labute approximate surface area is 120 Å². The zero-order chi connectivity index (χ0) is 13.9. The minimum absolute atomic E-state index is 0.889. The Kier molecular flexibility index (Phi) is 3.56. The number of hydrogen-bond donors (Lipinski definition) is 1. The van der Waals surface area contributed by atoms with Crippen LogP contribution in [0.1, 0.15) is 0 Å². The van der Waals surface area contributed by atoms with E-state index in [4.69, 9.17) is 0 Å². The highest BCUT2D eigenvalue weighted by Gasteiger charge is 2.18. The van der Waals surface area contributed by atoms with Crippen LogP contribution in [-0.2, 0) is 0 Å². The fraction of sp³-hybridized carbons (Fsp3) is 0.312. The fourth-order valence-electron chi connectivity index (χ4n) is 2.44. The molecule has 0 saturated carbocycles. The van der Waals surface area contributed by atoms with Gasteiger partial charge in [0, 0.05) is 31.0 Å². The van der Waals surface area contributed by atoms with Crippen LogP contribution in [0.5, 0.6) is 0 Å². The van der Waals surface area contributed by atoms with Gasteiger partial charge < -0.3 is 15.1 Å². The quantitative estimate of drug-likeness (QED) is 0.923. The molecule has 1 aromatic heterocycles. The predicted octanol–water partition coefficient (Wildman–Crippen LogP) is 2.50. The van der Waals surface area contributed by atoms with Gasteiger partial charge in [0.15, 0.2) is 0 Å². The van der Waals surface area contributed by atoms with Gasteiger partial charge >= 0.3 is 0 Å².